The number of ether oxygens (including phenoxy) is 1. The summed E-state index contributed by atoms with van der Waals surface area (Å²) in [5.41, 5.74) is -0.705. The van der Waals surface area contributed by atoms with Gasteiger partial charge in [-0.2, -0.15) is 5.26 Å². The summed E-state index contributed by atoms with van der Waals surface area (Å²) >= 11 is 0. The zero-order valence-electron chi connectivity index (χ0n) is 24.2. The summed E-state index contributed by atoms with van der Waals surface area (Å²) in [6.07, 6.45) is 2.89. The van der Waals surface area contributed by atoms with Crippen molar-refractivity contribution in [2.75, 3.05) is 32.8 Å². The average Bonchev–Trinajstić information content (AvgIpc) is 3.53. The van der Waals surface area contributed by atoms with Crippen LogP contribution in [0.25, 0.3) is 0 Å². The summed E-state index contributed by atoms with van der Waals surface area (Å²) in [5, 5.41) is 18.8. The van der Waals surface area contributed by atoms with Gasteiger partial charge in [0, 0.05) is 31.1 Å². The lowest BCUT2D eigenvalue weighted by Crippen LogP contribution is -2.70. The van der Waals surface area contributed by atoms with Crippen molar-refractivity contribution in [1.29, 1.82) is 5.26 Å². The van der Waals surface area contributed by atoms with E-state index in [0.717, 1.165) is 12.8 Å². The van der Waals surface area contributed by atoms with E-state index in [2.05, 4.69) is 35.9 Å². The van der Waals surface area contributed by atoms with Crippen LogP contribution in [0.15, 0.2) is 0 Å². The van der Waals surface area contributed by atoms with E-state index in [1.54, 1.807) is 9.80 Å². The van der Waals surface area contributed by atoms with Crippen LogP contribution in [0.5, 0.6) is 0 Å². The van der Waals surface area contributed by atoms with Crippen LogP contribution < -0.4 is 16.0 Å². The number of urea groups is 1. The molecule has 40 heavy (non-hydrogen) atoms. The first-order valence-corrected chi connectivity index (χ1v) is 14.6. The van der Waals surface area contributed by atoms with Gasteiger partial charge in [0.25, 0.3) is 0 Å². The maximum Gasteiger partial charge on any atom is 0.318 e. The number of carbonyl (C=O) groups excluding carboxylic acids is 4. The minimum atomic E-state index is -0.817. The molecule has 3 N–H and O–H groups in total. The highest BCUT2D eigenvalue weighted by molar-refractivity contribution is 5.94. The Kier molecular flexibility index (Phi) is 6.02. The summed E-state index contributed by atoms with van der Waals surface area (Å²) in [6, 6.07) is -0.455. The van der Waals surface area contributed by atoms with E-state index in [1.807, 2.05) is 20.8 Å². The molecule has 2 aliphatic carbocycles. The number of fused-ring (bicyclic) bond motifs is 1. The van der Waals surface area contributed by atoms with E-state index in [4.69, 9.17) is 4.74 Å². The maximum absolute atomic E-state index is 14.1. The third-order valence-corrected chi connectivity index (χ3v) is 10.5. The highest BCUT2D eigenvalue weighted by atomic mass is 16.5. The van der Waals surface area contributed by atoms with Gasteiger partial charge in [-0.15, -0.1) is 0 Å². The molecule has 4 heterocycles. The second-order valence-corrected chi connectivity index (χ2v) is 15.1. The number of likely N-dealkylation sites (tertiary alicyclic amines) is 2. The molecular formula is C29H42N6O5. The fraction of sp³-hybridized carbons (Fsp3) is 0.828. The molecule has 2 spiro atoms. The SMILES string of the molecule is CC(C)(C)C(NC(=O)N1CC2(COC2)C1)C(=O)N1CC2C(C1C(=O)NC(C#N)CC1CC3(CC3)NC1=O)C2(C)C. The zero-order valence-corrected chi connectivity index (χ0v) is 24.2. The maximum atomic E-state index is 14.1. The summed E-state index contributed by atoms with van der Waals surface area (Å²) in [7, 11) is 0. The first-order valence-electron chi connectivity index (χ1n) is 14.6. The molecule has 6 atom stereocenters. The summed E-state index contributed by atoms with van der Waals surface area (Å²) < 4.78 is 5.31. The Morgan fingerprint density at radius 3 is 2.38 bits per heavy atom. The second-order valence-electron chi connectivity index (χ2n) is 15.1. The van der Waals surface area contributed by atoms with E-state index in [-0.39, 0.29) is 64.3 Å². The summed E-state index contributed by atoms with van der Waals surface area (Å²) in [4.78, 5) is 56.7. The third-order valence-electron chi connectivity index (χ3n) is 10.5. The molecule has 218 valence electrons. The van der Waals surface area contributed by atoms with Crippen molar-refractivity contribution in [2.45, 2.75) is 84.0 Å². The van der Waals surface area contributed by atoms with Gasteiger partial charge in [0.05, 0.1) is 24.7 Å². The van der Waals surface area contributed by atoms with Gasteiger partial charge in [-0.3, -0.25) is 14.4 Å². The van der Waals surface area contributed by atoms with Crippen molar-refractivity contribution in [1.82, 2.24) is 25.8 Å². The molecule has 4 aliphatic heterocycles. The number of amides is 5. The second kappa shape index (κ2) is 8.81. The molecule has 2 saturated carbocycles. The van der Waals surface area contributed by atoms with Gasteiger partial charge in [0.15, 0.2) is 0 Å². The Hall–Kier alpha value is -2.87. The van der Waals surface area contributed by atoms with Gasteiger partial charge < -0.3 is 30.5 Å². The van der Waals surface area contributed by atoms with Crippen molar-refractivity contribution in [3.05, 3.63) is 0 Å². The van der Waals surface area contributed by atoms with Crippen LogP contribution in [0.1, 0.15) is 60.3 Å². The van der Waals surface area contributed by atoms with Crippen LogP contribution in [0, 0.1) is 45.3 Å². The molecule has 11 heteroatoms. The fourth-order valence-electron chi connectivity index (χ4n) is 7.66. The highest BCUT2D eigenvalue weighted by Crippen LogP contribution is 2.65. The molecular weight excluding hydrogens is 512 g/mol. The van der Waals surface area contributed by atoms with Gasteiger partial charge in [0.2, 0.25) is 17.7 Å². The minimum absolute atomic E-state index is 0.0227. The van der Waals surface area contributed by atoms with Gasteiger partial charge in [-0.05, 0) is 48.3 Å². The van der Waals surface area contributed by atoms with Crippen LogP contribution in [-0.4, -0.2) is 90.1 Å². The first kappa shape index (κ1) is 27.3. The molecule has 5 amide bonds. The zero-order chi connectivity index (χ0) is 28.8. The molecule has 4 saturated heterocycles. The van der Waals surface area contributed by atoms with Crippen LogP contribution in [0.3, 0.4) is 0 Å². The van der Waals surface area contributed by atoms with E-state index < -0.39 is 23.5 Å². The number of nitriles is 1. The number of hydrogen-bond acceptors (Lipinski definition) is 6. The van der Waals surface area contributed by atoms with Crippen LogP contribution >= 0.6 is 0 Å². The summed E-state index contributed by atoms with van der Waals surface area (Å²) in [6.45, 7) is 12.9. The Morgan fingerprint density at radius 2 is 1.85 bits per heavy atom. The number of rotatable bonds is 6. The van der Waals surface area contributed by atoms with Gasteiger partial charge >= 0.3 is 6.03 Å². The number of carbonyl (C=O) groups is 4. The lowest BCUT2D eigenvalue weighted by atomic mass is 9.78. The molecule has 6 rings (SSSR count). The molecule has 0 bridgehead atoms. The van der Waals surface area contributed by atoms with Crippen LogP contribution in [0.2, 0.25) is 0 Å². The Labute approximate surface area is 235 Å². The third kappa shape index (κ3) is 4.43. The fourth-order valence-corrected chi connectivity index (χ4v) is 7.66. The van der Waals surface area contributed by atoms with Crippen molar-refractivity contribution in [3.63, 3.8) is 0 Å². The van der Waals surface area contributed by atoms with Gasteiger partial charge in [0.1, 0.15) is 18.1 Å². The van der Waals surface area contributed by atoms with E-state index in [0.29, 0.717) is 39.3 Å². The van der Waals surface area contributed by atoms with Crippen molar-refractivity contribution in [2.24, 2.45) is 34.0 Å². The molecule has 6 fully saturated rings. The quantitative estimate of drug-likeness (QED) is 0.447. The van der Waals surface area contributed by atoms with Crippen LogP contribution in [0.4, 0.5) is 4.79 Å². The standard InChI is InChI=1S/C29H42N6O5/c1-26(2,3)21(32-25(39)34-12-28(13-34)14-40-15-28)24(38)35-11-18-19(27(18,4)5)20(35)23(37)31-17(10-30)8-16-9-29(6-7-29)33-22(16)36/h16-21H,6-9,11-15H2,1-5H3,(H,31,37)(H,32,39)(H,33,36). The molecule has 6 aliphatic rings. The molecule has 0 aromatic rings. The predicted molar refractivity (Wildman–Crippen MR) is 143 cm³/mol. The number of piperidine rings is 1. The molecule has 0 aromatic heterocycles. The van der Waals surface area contributed by atoms with Crippen molar-refractivity contribution >= 4 is 23.8 Å². The topological polar surface area (TPSA) is 144 Å². The van der Waals surface area contributed by atoms with E-state index in [1.165, 1.54) is 0 Å². The normalized spacial score (nSPS) is 33.1. The first-order chi connectivity index (χ1) is 18.7. The predicted octanol–water partition coefficient (Wildman–Crippen LogP) is 0.993. The number of hydrogen-bond donors (Lipinski definition) is 3. The van der Waals surface area contributed by atoms with Crippen LogP contribution in [-0.2, 0) is 19.1 Å². The average molecular weight is 555 g/mol. The van der Waals surface area contributed by atoms with Crippen molar-refractivity contribution < 1.29 is 23.9 Å². The smallest absolute Gasteiger partial charge is 0.318 e. The lowest BCUT2D eigenvalue weighted by Gasteiger charge is -2.55. The number of nitrogens with zero attached hydrogens (tertiary/aromatic N) is 3. The van der Waals surface area contributed by atoms with E-state index >= 15 is 0 Å². The largest absolute Gasteiger partial charge is 0.380 e. The molecule has 6 unspecified atom stereocenters. The van der Waals surface area contributed by atoms with Gasteiger partial charge in [-0.25, -0.2) is 4.79 Å². The Bertz CT molecular complexity index is 1170. The molecule has 0 aromatic carbocycles. The van der Waals surface area contributed by atoms with Gasteiger partial charge in [-0.1, -0.05) is 34.6 Å². The Morgan fingerprint density at radius 1 is 1.18 bits per heavy atom. The lowest BCUT2D eigenvalue weighted by molar-refractivity contribution is -0.175. The number of nitrogens with one attached hydrogen (secondary N) is 3. The Balaban J connectivity index is 1.14. The van der Waals surface area contributed by atoms with Crippen molar-refractivity contribution in [3.8, 4) is 6.07 Å². The van der Waals surface area contributed by atoms with E-state index in [9.17, 15) is 24.4 Å². The summed E-state index contributed by atoms with van der Waals surface area (Å²) in [5.74, 6) is -0.822. The molecule has 0 radical (unpaired) electrons. The minimum Gasteiger partial charge on any atom is -0.380 e. The highest BCUT2D eigenvalue weighted by Gasteiger charge is 2.70. The molecule has 11 nitrogen and oxygen atoms in total. The monoisotopic (exact) mass is 554 g/mol.